The summed E-state index contributed by atoms with van der Waals surface area (Å²) in [5.41, 5.74) is 0.394. The number of aliphatic hydroxyl groups is 1. The molecular weight excluding hydrogens is 346 g/mol. The molecule has 0 saturated heterocycles. The average Bonchev–Trinajstić information content (AvgIpc) is 2.80. The van der Waals surface area contributed by atoms with Crippen LogP contribution in [0.5, 0.6) is 0 Å². The molecule has 1 aromatic heterocycles. The van der Waals surface area contributed by atoms with Crippen LogP contribution in [0.2, 0.25) is 0 Å². The molecule has 4 aromatic rings. The normalized spacial score (nSPS) is 12.7. The van der Waals surface area contributed by atoms with E-state index in [-0.39, 0.29) is 5.82 Å². The van der Waals surface area contributed by atoms with Gasteiger partial charge in [0.15, 0.2) is 17.5 Å². The van der Waals surface area contributed by atoms with Crippen molar-refractivity contribution >= 4 is 0 Å². The molecular formula is C24H17N3O. The fraction of sp³-hybridized carbons (Fsp3) is 0.0417. The van der Waals surface area contributed by atoms with E-state index in [9.17, 15) is 5.11 Å². The molecule has 0 radical (unpaired) electrons. The fourth-order valence-electron chi connectivity index (χ4n) is 2.93. The maximum atomic E-state index is 11.3. The van der Waals surface area contributed by atoms with Gasteiger partial charge in [-0.25, -0.2) is 15.0 Å². The van der Waals surface area contributed by atoms with Crippen molar-refractivity contribution in [1.29, 1.82) is 0 Å². The Labute approximate surface area is 163 Å². The summed E-state index contributed by atoms with van der Waals surface area (Å²) in [7, 11) is 0. The molecule has 1 N–H and O–H groups in total. The number of terminal acetylenes is 1. The lowest BCUT2D eigenvalue weighted by Crippen LogP contribution is -2.28. The van der Waals surface area contributed by atoms with Crippen LogP contribution < -0.4 is 0 Å². The Balaban J connectivity index is 1.95. The van der Waals surface area contributed by atoms with E-state index >= 15 is 0 Å². The van der Waals surface area contributed by atoms with Crippen molar-refractivity contribution in [2.24, 2.45) is 0 Å². The summed E-state index contributed by atoms with van der Waals surface area (Å²) in [6, 6.07) is 28.1. The SMILES string of the molecule is C#CC(O)(c1ccccc1)c1nc(-c2ccccc2)nc(-c2ccccc2)n1. The summed E-state index contributed by atoms with van der Waals surface area (Å²) in [5.74, 6) is 3.50. The Kier molecular flexibility index (Phi) is 4.67. The highest BCUT2D eigenvalue weighted by molar-refractivity contribution is 5.61. The molecule has 0 aliphatic heterocycles. The number of hydrogen-bond acceptors (Lipinski definition) is 4. The van der Waals surface area contributed by atoms with E-state index in [1.807, 2.05) is 78.9 Å². The van der Waals surface area contributed by atoms with Gasteiger partial charge < -0.3 is 5.11 Å². The Morgan fingerprint density at radius 3 is 1.50 bits per heavy atom. The quantitative estimate of drug-likeness (QED) is 0.555. The van der Waals surface area contributed by atoms with E-state index in [1.54, 1.807) is 12.1 Å². The van der Waals surface area contributed by atoms with Gasteiger partial charge in [0.2, 0.25) is 5.60 Å². The van der Waals surface area contributed by atoms with Gasteiger partial charge in [0, 0.05) is 16.7 Å². The highest BCUT2D eigenvalue weighted by atomic mass is 16.3. The van der Waals surface area contributed by atoms with Gasteiger partial charge in [-0.3, -0.25) is 0 Å². The van der Waals surface area contributed by atoms with Gasteiger partial charge in [-0.15, -0.1) is 6.42 Å². The van der Waals surface area contributed by atoms with Crippen molar-refractivity contribution in [3.8, 4) is 35.1 Å². The van der Waals surface area contributed by atoms with Gasteiger partial charge in [0.1, 0.15) is 0 Å². The average molecular weight is 363 g/mol. The van der Waals surface area contributed by atoms with Crippen LogP contribution in [0, 0.1) is 12.3 Å². The van der Waals surface area contributed by atoms with Crippen LogP contribution in [-0.4, -0.2) is 20.1 Å². The van der Waals surface area contributed by atoms with Gasteiger partial charge in [-0.1, -0.05) is 96.9 Å². The van der Waals surface area contributed by atoms with E-state index in [0.29, 0.717) is 17.2 Å². The third kappa shape index (κ3) is 3.27. The van der Waals surface area contributed by atoms with Crippen molar-refractivity contribution < 1.29 is 5.11 Å². The molecule has 0 saturated carbocycles. The Bertz CT molecular complexity index is 1070. The first-order valence-electron chi connectivity index (χ1n) is 8.84. The van der Waals surface area contributed by atoms with E-state index in [0.717, 1.165) is 11.1 Å². The Hall–Kier alpha value is -3.81. The van der Waals surface area contributed by atoms with Gasteiger partial charge in [0.25, 0.3) is 0 Å². The highest BCUT2D eigenvalue weighted by Crippen LogP contribution is 2.29. The van der Waals surface area contributed by atoms with Crippen LogP contribution in [0.15, 0.2) is 91.0 Å². The molecule has 1 unspecified atom stereocenters. The summed E-state index contributed by atoms with van der Waals surface area (Å²) in [4.78, 5) is 13.7. The molecule has 0 amide bonds. The minimum Gasteiger partial charge on any atom is -0.367 e. The minimum absolute atomic E-state index is 0.119. The van der Waals surface area contributed by atoms with Crippen LogP contribution in [0.3, 0.4) is 0 Å². The standard InChI is InChI=1S/C24H17N3O/c1-2-24(28,20-16-10-5-11-17-20)23-26-21(18-12-6-3-7-13-18)25-22(27-23)19-14-8-4-9-15-19/h1,3-17,28H. The largest absolute Gasteiger partial charge is 0.367 e. The molecule has 134 valence electrons. The topological polar surface area (TPSA) is 58.9 Å². The number of benzene rings is 3. The number of rotatable bonds is 4. The lowest BCUT2D eigenvalue weighted by molar-refractivity contribution is 0.135. The first-order chi connectivity index (χ1) is 13.7. The zero-order chi connectivity index (χ0) is 19.4. The third-order valence-corrected chi connectivity index (χ3v) is 4.42. The smallest absolute Gasteiger partial charge is 0.211 e. The molecule has 3 aromatic carbocycles. The minimum atomic E-state index is -1.77. The zero-order valence-electron chi connectivity index (χ0n) is 15.0. The molecule has 28 heavy (non-hydrogen) atoms. The summed E-state index contributed by atoms with van der Waals surface area (Å²) in [6.07, 6.45) is 5.75. The fourth-order valence-corrected chi connectivity index (χ4v) is 2.93. The summed E-state index contributed by atoms with van der Waals surface area (Å²) in [6.45, 7) is 0. The second kappa shape index (κ2) is 7.43. The third-order valence-electron chi connectivity index (χ3n) is 4.42. The summed E-state index contributed by atoms with van der Waals surface area (Å²) >= 11 is 0. The molecule has 4 nitrogen and oxygen atoms in total. The predicted molar refractivity (Wildman–Crippen MR) is 109 cm³/mol. The highest BCUT2D eigenvalue weighted by Gasteiger charge is 2.34. The first-order valence-corrected chi connectivity index (χ1v) is 8.84. The molecule has 0 aliphatic carbocycles. The van der Waals surface area contributed by atoms with Gasteiger partial charge in [0.05, 0.1) is 0 Å². The van der Waals surface area contributed by atoms with Crippen LogP contribution in [-0.2, 0) is 5.60 Å². The Morgan fingerprint density at radius 2 is 1.07 bits per heavy atom. The number of nitrogens with zero attached hydrogens (tertiary/aromatic N) is 3. The van der Waals surface area contributed by atoms with Gasteiger partial charge in [-0.05, 0) is 0 Å². The molecule has 0 spiro atoms. The molecule has 4 rings (SSSR count). The molecule has 0 fully saturated rings. The maximum absolute atomic E-state index is 11.3. The van der Waals surface area contributed by atoms with Crippen molar-refractivity contribution in [3.05, 3.63) is 102 Å². The number of aromatic nitrogens is 3. The maximum Gasteiger partial charge on any atom is 0.211 e. The second-order valence-corrected chi connectivity index (χ2v) is 6.26. The van der Waals surface area contributed by atoms with E-state index in [2.05, 4.69) is 20.9 Å². The molecule has 0 bridgehead atoms. The van der Waals surface area contributed by atoms with Crippen LogP contribution >= 0.6 is 0 Å². The predicted octanol–water partition coefficient (Wildman–Crippen LogP) is 4.07. The first kappa shape index (κ1) is 17.6. The molecule has 1 heterocycles. The van der Waals surface area contributed by atoms with Crippen molar-refractivity contribution in [1.82, 2.24) is 15.0 Å². The van der Waals surface area contributed by atoms with Crippen LogP contribution in [0.1, 0.15) is 11.4 Å². The molecule has 0 aliphatic rings. The number of hydrogen-bond donors (Lipinski definition) is 1. The lowest BCUT2D eigenvalue weighted by Gasteiger charge is -2.22. The van der Waals surface area contributed by atoms with E-state index in [4.69, 9.17) is 6.42 Å². The van der Waals surface area contributed by atoms with Gasteiger partial charge >= 0.3 is 0 Å². The molecule has 4 heteroatoms. The van der Waals surface area contributed by atoms with Crippen molar-refractivity contribution in [2.45, 2.75) is 5.60 Å². The summed E-state index contributed by atoms with van der Waals surface area (Å²) < 4.78 is 0. The zero-order valence-corrected chi connectivity index (χ0v) is 15.0. The lowest BCUT2D eigenvalue weighted by atomic mass is 9.93. The second-order valence-electron chi connectivity index (χ2n) is 6.26. The molecule has 1 atom stereocenters. The van der Waals surface area contributed by atoms with Crippen LogP contribution in [0.25, 0.3) is 22.8 Å². The van der Waals surface area contributed by atoms with Crippen molar-refractivity contribution in [3.63, 3.8) is 0 Å². The Morgan fingerprint density at radius 1 is 0.643 bits per heavy atom. The van der Waals surface area contributed by atoms with Crippen molar-refractivity contribution in [2.75, 3.05) is 0 Å². The van der Waals surface area contributed by atoms with Crippen LogP contribution in [0.4, 0.5) is 0 Å². The van der Waals surface area contributed by atoms with E-state index in [1.165, 1.54) is 0 Å². The monoisotopic (exact) mass is 363 g/mol. The summed E-state index contributed by atoms with van der Waals surface area (Å²) in [5, 5.41) is 11.3. The van der Waals surface area contributed by atoms with Gasteiger partial charge in [-0.2, -0.15) is 0 Å². The van der Waals surface area contributed by atoms with E-state index < -0.39 is 5.60 Å².